The van der Waals surface area contributed by atoms with Crippen LogP contribution in [-0.4, -0.2) is 12.3 Å². The van der Waals surface area contributed by atoms with E-state index in [2.05, 4.69) is 72.0 Å². The highest BCUT2D eigenvalue weighted by Gasteiger charge is 2.26. The van der Waals surface area contributed by atoms with Crippen LogP contribution in [0.1, 0.15) is 78.9 Å². The van der Waals surface area contributed by atoms with Gasteiger partial charge in [0.25, 0.3) is 0 Å². The molecule has 1 aliphatic carbocycles. The number of unbranched alkanes of at least 4 members (excludes halogenated alkanes) is 1. The van der Waals surface area contributed by atoms with Crippen molar-refractivity contribution >= 4 is 11.4 Å². The summed E-state index contributed by atoms with van der Waals surface area (Å²) in [6, 6.07) is 6.83. The van der Waals surface area contributed by atoms with Gasteiger partial charge < -0.3 is 5.32 Å². The van der Waals surface area contributed by atoms with Gasteiger partial charge >= 0.3 is 0 Å². The highest BCUT2D eigenvalue weighted by atomic mass is 14.9. The summed E-state index contributed by atoms with van der Waals surface area (Å²) in [5.74, 6) is 1.82. The van der Waals surface area contributed by atoms with Gasteiger partial charge in [-0.05, 0) is 61.1 Å². The maximum absolute atomic E-state index is 5.00. The number of benzene rings is 1. The van der Waals surface area contributed by atoms with Crippen molar-refractivity contribution in [3.8, 4) is 0 Å². The average molecular weight is 369 g/mol. The first-order valence-corrected chi connectivity index (χ1v) is 11.0. The lowest BCUT2D eigenvalue weighted by atomic mass is 9.94. The smallest absolute Gasteiger partial charge is 0.0613 e. The van der Waals surface area contributed by atoms with E-state index in [1.54, 1.807) is 0 Å². The summed E-state index contributed by atoms with van der Waals surface area (Å²) in [6.07, 6.45) is 5.72. The van der Waals surface area contributed by atoms with Crippen LogP contribution in [0.15, 0.2) is 34.5 Å². The van der Waals surface area contributed by atoms with E-state index in [0.29, 0.717) is 17.8 Å². The normalized spacial score (nSPS) is 19.0. The van der Waals surface area contributed by atoms with Crippen molar-refractivity contribution in [1.82, 2.24) is 0 Å². The van der Waals surface area contributed by atoms with E-state index in [9.17, 15) is 0 Å². The summed E-state index contributed by atoms with van der Waals surface area (Å²) in [6.45, 7) is 17.0. The Morgan fingerprint density at radius 3 is 2.19 bits per heavy atom. The van der Waals surface area contributed by atoms with E-state index in [-0.39, 0.29) is 0 Å². The van der Waals surface area contributed by atoms with Crippen molar-refractivity contribution in [1.29, 1.82) is 0 Å². The van der Waals surface area contributed by atoms with E-state index in [4.69, 9.17) is 4.99 Å². The fourth-order valence-electron chi connectivity index (χ4n) is 4.05. The minimum atomic E-state index is 0.523. The summed E-state index contributed by atoms with van der Waals surface area (Å²) in [5.41, 5.74) is 8.25. The Hall–Kier alpha value is -1.57. The Balaban J connectivity index is 2.40. The van der Waals surface area contributed by atoms with Gasteiger partial charge in [-0.1, -0.05) is 66.2 Å². The molecule has 1 atom stereocenters. The van der Waals surface area contributed by atoms with E-state index in [1.165, 1.54) is 46.6 Å². The van der Waals surface area contributed by atoms with Crippen LogP contribution < -0.4 is 5.32 Å². The predicted molar refractivity (Wildman–Crippen MR) is 121 cm³/mol. The van der Waals surface area contributed by atoms with Gasteiger partial charge in [0, 0.05) is 18.2 Å². The van der Waals surface area contributed by atoms with E-state index in [0.717, 1.165) is 25.8 Å². The molecule has 0 amide bonds. The van der Waals surface area contributed by atoms with Crippen molar-refractivity contribution < 1.29 is 0 Å². The SMILES string of the molecule is CCCCN=C1C(Nc2c(CC(C)C)cccc2CC(C)C)=C(C)CC1C. The molecule has 2 nitrogen and oxygen atoms in total. The lowest BCUT2D eigenvalue weighted by molar-refractivity contribution is 0.638. The van der Waals surface area contributed by atoms with Crippen LogP contribution in [0.2, 0.25) is 0 Å². The molecule has 1 aromatic carbocycles. The minimum Gasteiger partial charge on any atom is -0.354 e. The number of anilines is 1. The molecule has 0 saturated heterocycles. The standard InChI is InChI=1S/C25H40N2/c1-8-9-13-26-23-19(6)16-20(7)24(23)27-25-21(14-17(2)3)11-10-12-22(25)15-18(4)5/h10-12,17-19,27H,8-9,13-16H2,1-7H3. The number of aliphatic imine (C=N–C) groups is 1. The molecule has 0 spiro atoms. The lowest BCUT2D eigenvalue weighted by Crippen LogP contribution is -2.17. The molecule has 1 aromatic rings. The third kappa shape index (κ3) is 5.96. The largest absolute Gasteiger partial charge is 0.354 e. The molecule has 0 heterocycles. The van der Waals surface area contributed by atoms with Crippen molar-refractivity contribution in [2.45, 2.75) is 80.6 Å². The molecular weight excluding hydrogens is 328 g/mol. The zero-order chi connectivity index (χ0) is 20.0. The molecule has 2 heteroatoms. The molecule has 1 aliphatic rings. The second-order valence-electron chi connectivity index (χ2n) is 9.15. The summed E-state index contributed by atoms with van der Waals surface area (Å²) >= 11 is 0. The molecule has 0 radical (unpaired) electrons. The molecular formula is C25H40N2. The molecule has 1 unspecified atom stereocenters. The van der Waals surface area contributed by atoms with Gasteiger partial charge in [-0.25, -0.2) is 0 Å². The van der Waals surface area contributed by atoms with Gasteiger partial charge in [0.2, 0.25) is 0 Å². The van der Waals surface area contributed by atoms with Crippen LogP contribution in [0, 0.1) is 17.8 Å². The fraction of sp³-hybridized carbons (Fsp3) is 0.640. The molecule has 27 heavy (non-hydrogen) atoms. The topological polar surface area (TPSA) is 24.4 Å². The molecule has 0 aromatic heterocycles. The highest BCUT2D eigenvalue weighted by molar-refractivity contribution is 6.07. The Bertz CT molecular complexity index is 651. The number of nitrogens with one attached hydrogen (secondary N) is 1. The van der Waals surface area contributed by atoms with Gasteiger partial charge in [0.1, 0.15) is 0 Å². The van der Waals surface area contributed by atoms with Crippen molar-refractivity contribution in [3.63, 3.8) is 0 Å². The van der Waals surface area contributed by atoms with E-state index < -0.39 is 0 Å². The minimum absolute atomic E-state index is 0.523. The van der Waals surface area contributed by atoms with Crippen molar-refractivity contribution in [3.05, 3.63) is 40.6 Å². The number of nitrogens with zero attached hydrogens (tertiary/aromatic N) is 1. The molecule has 150 valence electrons. The zero-order valence-electron chi connectivity index (χ0n) is 18.7. The molecule has 0 fully saturated rings. The quantitative estimate of drug-likeness (QED) is 0.464. The number of rotatable bonds is 9. The highest BCUT2D eigenvalue weighted by Crippen LogP contribution is 2.34. The summed E-state index contributed by atoms with van der Waals surface area (Å²) in [5, 5.41) is 3.89. The Morgan fingerprint density at radius 2 is 1.67 bits per heavy atom. The maximum Gasteiger partial charge on any atom is 0.0613 e. The Labute approximate surface area is 167 Å². The first-order valence-electron chi connectivity index (χ1n) is 11.0. The predicted octanol–water partition coefficient (Wildman–Crippen LogP) is 7.05. The number of hydrogen-bond acceptors (Lipinski definition) is 2. The summed E-state index contributed by atoms with van der Waals surface area (Å²) in [7, 11) is 0. The third-order valence-corrected chi connectivity index (χ3v) is 5.30. The molecule has 0 aliphatic heterocycles. The van der Waals surface area contributed by atoms with E-state index in [1.807, 2.05) is 0 Å². The number of hydrogen-bond donors (Lipinski definition) is 1. The Kier molecular flexibility index (Phi) is 8.13. The van der Waals surface area contributed by atoms with Crippen LogP contribution in [0.5, 0.6) is 0 Å². The van der Waals surface area contributed by atoms with Gasteiger partial charge in [-0.2, -0.15) is 0 Å². The zero-order valence-corrected chi connectivity index (χ0v) is 18.7. The van der Waals surface area contributed by atoms with Gasteiger partial charge in [0.05, 0.1) is 11.4 Å². The number of para-hydroxylation sites is 1. The van der Waals surface area contributed by atoms with Crippen LogP contribution in [0.25, 0.3) is 0 Å². The first-order chi connectivity index (χ1) is 12.8. The summed E-state index contributed by atoms with van der Waals surface area (Å²) < 4.78 is 0. The second-order valence-corrected chi connectivity index (χ2v) is 9.15. The Morgan fingerprint density at radius 1 is 1.07 bits per heavy atom. The number of allylic oxidation sites excluding steroid dienone is 2. The van der Waals surface area contributed by atoms with Gasteiger partial charge in [-0.15, -0.1) is 0 Å². The fourth-order valence-corrected chi connectivity index (χ4v) is 4.05. The molecule has 0 saturated carbocycles. The first kappa shape index (κ1) is 21.7. The van der Waals surface area contributed by atoms with Crippen molar-refractivity contribution in [2.75, 3.05) is 11.9 Å². The molecule has 1 N–H and O–H groups in total. The van der Waals surface area contributed by atoms with Gasteiger partial charge in [0.15, 0.2) is 0 Å². The average Bonchev–Trinajstić information content (AvgIpc) is 2.83. The summed E-state index contributed by atoms with van der Waals surface area (Å²) in [4.78, 5) is 5.00. The van der Waals surface area contributed by atoms with E-state index >= 15 is 0 Å². The van der Waals surface area contributed by atoms with Gasteiger partial charge in [-0.3, -0.25) is 4.99 Å². The third-order valence-electron chi connectivity index (χ3n) is 5.30. The van der Waals surface area contributed by atoms with Crippen LogP contribution in [0.3, 0.4) is 0 Å². The molecule has 0 bridgehead atoms. The van der Waals surface area contributed by atoms with Crippen LogP contribution >= 0.6 is 0 Å². The van der Waals surface area contributed by atoms with Crippen LogP contribution in [-0.2, 0) is 12.8 Å². The lowest BCUT2D eigenvalue weighted by Gasteiger charge is -2.21. The second kappa shape index (κ2) is 10.1. The molecule has 2 rings (SSSR count). The van der Waals surface area contributed by atoms with Crippen molar-refractivity contribution in [2.24, 2.45) is 22.7 Å². The van der Waals surface area contributed by atoms with Crippen LogP contribution in [0.4, 0.5) is 5.69 Å². The maximum atomic E-state index is 5.00. The monoisotopic (exact) mass is 368 g/mol.